The zero-order chi connectivity index (χ0) is 12.2. The molecule has 0 aromatic heterocycles. The van der Waals surface area contributed by atoms with Crippen LogP contribution in [-0.4, -0.2) is 41.6 Å². The highest BCUT2D eigenvalue weighted by molar-refractivity contribution is 7.89. The van der Waals surface area contributed by atoms with Crippen molar-refractivity contribution >= 4 is 16.0 Å². The van der Waals surface area contributed by atoms with Gasteiger partial charge in [0, 0.05) is 12.6 Å². The molecular formula is C9H19NO4S. The van der Waals surface area contributed by atoms with Crippen molar-refractivity contribution in [3.05, 3.63) is 0 Å². The topological polar surface area (TPSA) is 74.7 Å². The number of hydrogen-bond donors (Lipinski definition) is 1. The summed E-state index contributed by atoms with van der Waals surface area (Å²) in [6.45, 7) is 6.69. The normalized spacial score (nSPS) is 12.7. The van der Waals surface area contributed by atoms with Crippen molar-refractivity contribution in [2.75, 3.05) is 6.54 Å². The molecule has 0 saturated carbocycles. The maximum absolute atomic E-state index is 11.8. The quantitative estimate of drug-likeness (QED) is 0.745. The third-order valence-corrected chi connectivity index (χ3v) is 4.49. The van der Waals surface area contributed by atoms with E-state index < -0.39 is 21.2 Å². The highest BCUT2D eigenvalue weighted by atomic mass is 32.2. The molecule has 0 amide bonds. The van der Waals surface area contributed by atoms with Gasteiger partial charge in [0.15, 0.2) is 0 Å². The van der Waals surface area contributed by atoms with Crippen LogP contribution in [0.2, 0.25) is 0 Å². The lowest BCUT2D eigenvalue weighted by Gasteiger charge is -2.27. The molecule has 0 spiro atoms. The molecule has 0 rings (SSSR count). The molecule has 0 aromatic carbocycles. The van der Waals surface area contributed by atoms with E-state index in [-0.39, 0.29) is 19.0 Å². The van der Waals surface area contributed by atoms with Crippen LogP contribution in [0.5, 0.6) is 0 Å². The molecule has 0 atom stereocenters. The molecule has 0 fully saturated rings. The smallest absolute Gasteiger partial charge is 0.304 e. The summed E-state index contributed by atoms with van der Waals surface area (Å²) in [6, 6.07) is -0.211. The minimum Gasteiger partial charge on any atom is -0.481 e. The molecule has 1 N–H and O–H groups in total. The van der Waals surface area contributed by atoms with Gasteiger partial charge in [-0.05, 0) is 27.7 Å². The van der Waals surface area contributed by atoms with Crippen molar-refractivity contribution in [1.29, 1.82) is 0 Å². The molecular weight excluding hydrogens is 218 g/mol. The van der Waals surface area contributed by atoms with Gasteiger partial charge in [0.25, 0.3) is 0 Å². The largest absolute Gasteiger partial charge is 0.481 e. The Morgan fingerprint density at radius 2 is 1.73 bits per heavy atom. The molecule has 0 aliphatic carbocycles. The summed E-state index contributed by atoms with van der Waals surface area (Å²) in [7, 11) is -3.36. The second-order valence-corrected chi connectivity index (χ2v) is 6.38. The first-order chi connectivity index (χ1) is 6.69. The van der Waals surface area contributed by atoms with Crippen LogP contribution >= 0.6 is 0 Å². The lowest BCUT2D eigenvalue weighted by Crippen LogP contribution is -2.42. The zero-order valence-corrected chi connectivity index (χ0v) is 10.4. The van der Waals surface area contributed by atoms with E-state index >= 15 is 0 Å². The molecule has 6 heteroatoms. The summed E-state index contributed by atoms with van der Waals surface area (Å²) >= 11 is 0. The second-order valence-electron chi connectivity index (χ2n) is 3.94. The van der Waals surface area contributed by atoms with E-state index in [1.54, 1.807) is 27.7 Å². The molecule has 15 heavy (non-hydrogen) atoms. The fraction of sp³-hybridized carbons (Fsp3) is 0.889. The fourth-order valence-electron chi connectivity index (χ4n) is 1.16. The Morgan fingerprint density at radius 1 is 1.27 bits per heavy atom. The van der Waals surface area contributed by atoms with Gasteiger partial charge in [-0.3, -0.25) is 4.79 Å². The molecule has 0 aliphatic heterocycles. The van der Waals surface area contributed by atoms with Crippen LogP contribution in [0.1, 0.15) is 34.1 Å². The average Bonchev–Trinajstić information content (AvgIpc) is 2.01. The Balaban J connectivity index is 4.75. The van der Waals surface area contributed by atoms with Crippen molar-refractivity contribution in [3.8, 4) is 0 Å². The molecule has 0 bridgehead atoms. The van der Waals surface area contributed by atoms with E-state index in [4.69, 9.17) is 5.11 Å². The Labute approximate surface area is 91.1 Å². The van der Waals surface area contributed by atoms with Gasteiger partial charge in [-0.15, -0.1) is 0 Å². The Kier molecular flexibility index (Phi) is 5.23. The predicted octanol–water partition coefficient (Wildman–Crippen LogP) is 0.910. The summed E-state index contributed by atoms with van der Waals surface area (Å²) in [6.07, 6.45) is -0.163. The molecule has 5 nitrogen and oxygen atoms in total. The van der Waals surface area contributed by atoms with Gasteiger partial charge in [-0.25, -0.2) is 8.42 Å². The first-order valence-corrected chi connectivity index (χ1v) is 6.42. The SMILES string of the molecule is CC(C)N(CCC(=O)O)S(=O)(=O)C(C)C. The number of rotatable bonds is 6. The number of hydrogen-bond acceptors (Lipinski definition) is 3. The zero-order valence-electron chi connectivity index (χ0n) is 9.60. The van der Waals surface area contributed by atoms with Crippen LogP contribution in [0, 0.1) is 0 Å². The van der Waals surface area contributed by atoms with Gasteiger partial charge in [-0.1, -0.05) is 0 Å². The van der Waals surface area contributed by atoms with Crippen LogP contribution in [-0.2, 0) is 14.8 Å². The molecule has 0 saturated heterocycles. The minimum absolute atomic E-state index is 0.0352. The van der Waals surface area contributed by atoms with Crippen LogP contribution in [0.3, 0.4) is 0 Å². The van der Waals surface area contributed by atoms with Crippen molar-refractivity contribution in [2.45, 2.75) is 45.4 Å². The molecule has 0 unspecified atom stereocenters. The van der Waals surface area contributed by atoms with Crippen LogP contribution in [0.25, 0.3) is 0 Å². The number of nitrogens with zero attached hydrogens (tertiary/aromatic N) is 1. The van der Waals surface area contributed by atoms with E-state index in [9.17, 15) is 13.2 Å². The summed E-state index contributed by atoms with van der Waals surface area (Å²) in [4.78, 5) is 10.4. The maximum atomic E-state index is 11.8. The first-order valence-electron chi connectivity index (χ1n) is 4.92. The van der Waals surface area contributed by atoms with Gasteiger partial charge in [0.1, 0.15) is 0 Å². The van der Waals surface area contributed by atoms with Crippen molar-refractivity contribution in [3.63, 3.8) is 0 Å². The Bertz CT molecular complexity index is 308. The summed E-state index contributed by atoms with van der Waals surface area (Å²) < 4.78 is 24.9. The Morgan fingerprint density at radius 3 is 2.00 bits per heavy atom. The molecule has 0 aromatic rings. The van der Waals surface area contributed by atoms with E-state index in [2.05, 4.69) is 0 Å². The minimum atomic E-state index is -3.36. The standard InChI is InChI=1S/C9H19NO4S/c1-7(2)10(6-5-9(11)12)15(13,14)8(3)4/h7-8H,5-6H2,1-4H3,(H,11,12). The van der Waals surface area contributed by atoms with Crippen molar-refractivity contribution in [1.82, 2.24) is 4.31 Å². The summed E-state index contributed by atoms with van der Waals surface area (Å²) in [5.74, 6) is -0.986. The predicted molar refractivity (Wildman–Crippen MR) is 58.2 cm³/mol. The van der Waals surface area contributed by atoms with Gasteiger partial charge in [-0.2, -0.15) is 4.31 Å². The second kappa shape index (κ2) is 5.46. The summed E-state index contributed by atoms with van der Waals surface area (Å²) in [5.41, 5.74) is 0. The average molecular weight is 237 g/mol. The molecule has 90 valence electrons. The fourth-order valence-corrected chi connectivity index (χ4v) is 2.63. The Hall–Kier alpha value is -0.620. The third-order valence-electron chi connectivity index (χ3n) is 2.04. The van der Waals surface area contributed by atoms with Crippen LogP contribution in [0.15, 0.2) is 0 Å². The molecule has 0 heterocycles. The van der Waals surface area contributed by atoms with E-state index in [1.165, 1.54) is 4.31 Å². The first kappa shape index (κ1) is 14.4. The lowest BCUT2D eigenvalue weighted by molar-refractivity contribution is -0.137. The monoisotopic (exact) mass is 237 g/mol. The number of carbonyl (C=O) groups is 1. The van der Waals surface area contributed by atoms with E-state index in [1.807, 2.05) is 0 Å². The van der Waals surface area contributed by atoms with Gasteiger partial charge in [0.05, 0.1) is 11.7 Å². The van der Waals surface area contributed by atoms with E-state index in [0.717, 1.165) is 0 Å². The van der Waals surface area contributed by atoms with E-state index in [0.29, 0.717) is 0 Å². The highest BCUT2D eigenvalue weighted by Crippen LogP contribution is 2.13. The summed E-state index contributed by atoms with van der Waals surface area (Å²) in [5, 5.41) is 8.01. The van der Waals surface area contributed by atoms with Gasteiger partial charge in [0.2, 0.25) is 10.0 Å². The highest BCUT2D eigenvalue weighted by Gasteiger charge is 2.28. The number of sulfonamides is 1. The van der Waals surface area contributed by atoms with Crippen LogP contribution in [0.4, 0.5) is 0 Å². The molecule has 0 aliphatic rings. The van der Waals surface area contributed by atoms with Crippen molar-refractivity contribution in [2.24, 2.45) is 0 Å². The number of aliphatic carboxylic acids is 1. The molecule has 0 radical (unpaired) electrons. The van der Waals surface area contributed by atoms with Crippen molar-refractivity contribution < 1.29 is 18.3 Å². The maximum Gasteiger partial charge on any atom is 0.304 e. The lowest BCUT2D eigenvalue weighted by atomic mass is 10.3. The van der Waals surface area contributed by atoms with Gasteiger partial charge < -0.3 is 5.11 Å². The number of carboxylic acid groups (broad SMARTS) is 1. The number of carboxylic acids is 1. The van der Waals surface area contributed by atoms with Gasteiger partial charge >= 0.3 is 5.97 Å². The van der Waals surface area contributed by atoms with Crippen LogP contribution < -0.4 is 0 Å². The third kappa shape index (κ3) is 4.17.